The topological polar surface area (TPSA) is 29.5 Å². The molecule has 0 heterocycles. The first kappa shape index (κ1) is 12.3. The molecule has 0 radical (unpaired) electrons. The van der Waals surface area contributed by atoms with Gasteiger partial charge in [-0.25, -0.2) is 0 Å². The van der Waals surface area contributed by atoms with E-state index in [-0.39, 0.29) is 6.61 Å². The van der Waals surface area contributed by atoms with Crippen LogP contribution in [0.1, 0.15) is 31.7 Å². The first-order chi connectivity index (χ1) is 7.29. The van der Waals surface area contributed by atoms with Gasteiger partial charge in [0.1, 0.15) is 5.75 Å². The first-order valence-electron chi connectivity index (χ1n) is 5.30. The van der Waals surface area contributed by atoms with Gasteiger partial charge in [-0.1, -0.05) is 43.5 Å². The van der Waals surface area contributed by atoms with E-state index in [1.807, 2.05) is 12.1 Å². The number of benzene rings is 1. The van der Waals surface area contributed by atoms with Crippen molar-refractivity contribution in [2.75, 3.05) is 6.61 Å². The maximum atomic E-state index is 9.11. The number of hydrogen-bond acceptors (Lipinski definition) is 2. The van der Waals surface area contributed by atoms with Crippen LogP contribution in [0.15, 0.2) is 18.2 Å². The Balaban J connectivity index is 2.58. The number of para-hydroxylation sites is 1. The van der Waals surface area contributed by atoms with Gasteiger partial charge >= 0.3 is 0 Å². The highest BCUT2D eigenvalue weighted by Crippen LogP contribution is 2.28. The number of ether oxygens (including phenoxy) is 1. The second kappa shape index (κ2) is 6.70. The van der Waals surface area contributed by atoms with Crippen molar-refractivity contribution in [2.24, 2.45) is 0 Å². The molecule has 1 aromatic rings. The Morgan fingerprint density at radius 2 is 2.13 bits per heavy atom. The number of aliphatic hydroxyl groups excluding tert-OH is 1. The molecule has 0 aliphatic carbocycles. The molecule has 2 nitrogen and oxygen atoms in total. The Morgan fingerprint density at radius 3 is 2.80 bits per heavy atom. The fraction of sp³-hybridized carbons (Fsp3) is 0.500. The van der Waals surface area contributed by atoms with E-state index in [1.165, 1.54) is 6.42 Å². The summed E-state index contributed by atoms with van der Waals surface area (Å²) < 4.78 is 5.57. The average Bonchev–Trinajstić information content (AvgIpc) is 2.26. The van der Waals surface area contributed by atoms with E-state index in [9.17, 15) is 0 Å². The van der Waals surface area contributed by atoms with Crippen molar-refractivity contribution < 1.29 is 9.84 Å². The van der Waals surface area contributed by atoms with E-state index < -0.39 is 0 Å². The van der Waals surface area contributed by atoms with Gasteiger partial charge in [0.05, 0.1) is 18.2 Å². The van der Waals surface area contributed by atoms with E-state index in [0.717, 1.165) is 18.4 Å². The van der Waals surface area contributed by atoms with Gasteiger partial charge in [-0.05, 0) is 12.5 Å². The molecular formula is C12H17ClO2. The number of aliphatic hydroxyl groups is 1. The standard InChI is InChI=1S/C12H17ClO2/c1-2-3-4-8-15-12-10(9-14)6-5-7-11(12)13/h5-7,14H,2-4,8-9H2,1H3. The third kappa shape index (κ3) is 3.73. The van der Waals surface area contributed by atoms with Crippen LogP contribution in [0.2, 0.25) is 5.02 Å². The molecule has 0 bridgehead atoms. The van der Waals surface area contributed by atoms with Crippen molar-refractivity contribution in [3.63, 3.8) is 0 Å². The van der Waals surface area contributed by atoms with Crippen molar-refractivity contribution >= 4 is 11.6 Å². The largest absolute Gasteiger partial charge is 0.492 e. The van der Waals surface area contributed by atoms with Crippen molar-refractivity contribution in [2.45, 2.75) is 32.8 Å². The third-order valence-electron chi connectivity index (χ3n) is 2.21. The third-order valence-corrected chi connectivity index (χ3v) is 2.51. The van der Waals surface area contributed by atoms with Gasteiger partial charge in [0.25, 0.3) is 0 Å². The lowest BCUT2D eigenvalue weighted by atomic mass is 10.2. The Hall–Kier alpha value is -0.730. The average molecular weight is 229 g/mol. The number of rotatable bonds is 6. The molecule has 1 N–H and O–H groups in total. The molecular weight excluding hydrogens is 212 g/mol. The molecule has 0 amide bonds. The van der Waals surface area contributed by atoms with E-state index >= 15 is 0 Å². The molecule has 0 unspecified atom stereocenters. The van der Waals surface area contributed by atoms with Gasteiger partial charge in [-0.15, -0.1) is 0 Å². The SMILES string of the molecule is CCCCCOc1c(Cl)cccc1CO. The van der Waals surface area contributed by atoms with Gasteiger partial charge in [-0.3, -0.25) is 0 Å². The number of unbranched alkanes of at least 4 members (excludes halogenated alkanes) is 2. The Labute approximate surface area is 95.8 Å². The fourth-order valence-corrected chi connectivity index (χ4v) is 1.61. The first-order valence-corrected chi connectivity index (χ1v) is 5.68. The Kier molecular flexibility index (Phi) is 5.51. The summed E-state index contributed by atoms with van der Waals surface area (Å²) >= 11 is 5.98. The van der Waals surface area contributed by atoms with E-state index in [4.69, 9.17) is 21.4 Å². The summed E-state index contributed by atoms with van der Waals surface area (Å²) in [6.45, 7) is 2.77. The summed E-state index contributed by atoms with van der Waals surface area (Å²) in [5.41, 5.74) is 0.749. The monoisotopic (exact) mass is 228 g/mol. The second-order valence-corrected chi connectivity index (χ2v) is 3.85. The minimum absolute atomic E-state index is 0.0380. The van der Waals surface area contributed by atoms with Crippen molar-refractivity contribution in [1.82, 2.24) is 0 Å². The van der Waals surface area contributed by atoms with Crippen LogP contribution in [0.3, 0.4) is 0 Å². The van der Waals surface area contributed by atoms with E-state index in [1.54, 1.807) is 6.07 Å². The number of hydrogen-bond donors (Lipinski definition) is 1. The fourth-order valence-electron chi connectivity index (χ4n) is 1.37. The van der Waals surface area contributed by atoms with Crippen LogP contribution in [0.25, 0.3) is 0 Å². The minimum atomic E-state index is -0.0380. The van der Waals surface area contributed by atoms with E-state index in [2.05, 4.69) is 6.92 Å². The van der Waals surface area contributed by atoms with E-state index in [0.29, 0.717) is 17.4 Å². The second-order valence-electron chi connectivity index (χ2n) is 3.44. The van der Waals surface area contributed by atoms with Gasteiger partial charge < -0.3 is 9.84 Å². The van der Waals surface area contributed by atoms with Crippen molar-refractivity contribution in [3.8, 4) is 5.75 Å². The van der Waals surface area contributed by atoms with Crippen LogP contribution >= 0.6 is 11.6 Å². The normalized spacial score (nSPS) is 10.3. The highest BCUT2D eigenvalue weighted by atomic mass is 35.5. The van der Waals surface area contributed by atoms with Crippen LogP contribution < -0.4 is 4.74 Å². The summed E-state index contributed by atoms with van der Waals surface area (Å²) in [7, 11) is 0. The predicted molar refractivity (Wildman–Crippen MR) is 62.4 cm³/mol. The zero-order valence-electron chi connectivity index (χ0n) is 9.00. The summed E-state index contributed by atoms with van der Waals surface area (Å²) in [5.74, 6) is 0.623. The molecule has 0 aromatic heterocycles. The predicted octanol–water partition coefficient (Wildman–Crippen LogP) is 3.40. The van der Waals surface area contributed by atoms with Gasteiger partial charge in [0.2, 0.25) is 0 Å². The summed E-state index contributed by atoms with van der Waals surface area (Å²) in [5, 5.41) is 9.67. The lowest BCUT2D eigenvalue weighted by Gasteiger charge is -2.11. The van der Waals surface area contributed by atoms with Gasteiger partial charge in [0.15, 0.2) is 0 Å². The maximum absolute atomic E-state index is 9.11. The van der Waals surface area contributed by atoms with Crippen molar-refractivity contribution in [3.05, 3.63) is 28.8 Å². The quantitative estimate of drug-likeness (QED) is 0.757. The molecule has 84 valence electrons. The zero-order valence-corrected chi connectivity index (χ0v) is 9.76. The molecule has 1 aromatic carbocycles. The summed E-state index contributed by atoms with van der Waals surface area (Å²) in [6.07, 6.45) is 3.34. The van der Waals surface area contributed by atoms with Crippen LogP contribution in [0, 0.1) is 0 Å². The van der Waals surface area contributed by atoms with Crippen LogP contribution in [0.4, 0.5) is 0 Å². The van der Waals surface area contributed by atoms with Crippen LogP contribution in [-0.4, -0.2) is 11.7 Å². The smallest absolute Gasteiger partial charge is 0.143 e. The van der Waals surface area contributed by atoms with Gasteiger partial charge in [0, 0.05) is 5.56 Å². The Bertz CT molecular complexity index is 300. The highest BCUT2D eigenvalue weighted by molar-refractivity contribution is 6.32. The molecule has 15 heavy (non-hydrogen) atoms. The van der Waals surface area contributed by atoms with Crippen molar-refractivity contribution in [1.29, 1.82) is 0 Å². The van der Waals surface area contributed by atoms with Crippen LogP contribution in [-0.2, 0) is 6.61 Å². The number of halogens is 1. The summed E-state index contributed by atoms with van der Waals surface area (Å²) in [4.78, 5) is 0. The minimum Gasteiger partial charge on any atom is -0.492 e. The molecule has 1 rings (SSSR count). The lowest BCUT2D eigenvalue weighted by Crippen LogP contribution is -2.00. The molecule has 0 saturated carbocycles. The Morgan fingerprint density at radius 1 is 1.33 bits per heavy atom. The maximum Gasteiger partial charge on any atom is 0.143 e. The molecule has 0 aliphatic rings. The molecule has 0 saturated heterocycles. The van der Waals surface area contributed by atoms with Crippen LogP contribution in [0.5, 0.6) is 5.75 Å². The highest BCUT2D eigenvalue weighted by Gasteiger charge is 2.06. The molecule has 0 atom stereocenters. The molecule has 0 spiro atoms. The van der Waals surface area contributed by atoms with Gasteiger partial charge in [-0.2, -0.15) is 0 Å². The molecule has 3 heteroatoms. The zero-order chi connectivity index (χ0) is 11.1. The molecule has 0 fully saturated rings. The lowest BCUT2D eigenvalue weighted by molar-refractivity contribution is 0.260. The molecule has 0 aliphatic heterocycles. The summed E-state index contributed by atoms with van der Waals surface area (Å²) in [6, 6.07) is 5.41.